The van der Waals surface area contributed by atoms with Crippen molar-refractivity contribution in [2.24, 2.45) is 11.5 Å². The third-order valence-electron chi connectivity index (χ3n) is 2.86. The summed E-state index contributed by atoms with van der Waals surface area (Å²) in [4.78, 5) is 22.6. The van der Waals surface area contributed by atoms with Crippen LogP contribution in [0.2, 0.25) is 0 Å². The van der Waals surface area contributed by atoms with Gasteiger partial charge in [0, 0.05) is 0 Å². The molecule has 0 spiro atoms. The zero-order valence-electron chi connectivity index (χ0n) is 12.2. The van der Waals surface area contributed by atoms with E-state index in [1.807, 2.05) is 30.3 Å². The van der Waals surface area contributed by atoms with Crippen LogP contribution >= 0.6 is 0 Å². The topological polar surface area (TPSA) is 116 Å². The molecule has 0 aliphatic heterocycles. The molecule has 6 nitrogen and oxygen atoms in total. The predicted molar refractivity (Wildman–Crippen MR) is 73.7 cm³/mol. The van der Waals surface area contributed by atoms with Gasteiger partial charge in [-0.15, -0.1) is 0 Å². The second-order valence-corrected chi connectivity index (χ2v) is 4.56. The fourth-order valence-electron chi connectivity index (χ4n) is 1.63. The van der Waals surface area contributed by atoms with Crippen molar-refractivity contribution >= 4 is 11.9 Å². The number of ether oxygens (including phenoxy) is 1. The maximum absolute atomic E-state index is 11.7. The number of hydrogen-bond donors (Lipinski definition) is 3. The Kier molecular flexibility index (Phi) is 6.01. The summed E-state index contributed by atoms with van der Waals surface area (Å²) in [5.41, 5.74) is 12.1. The molecule has 0 radical (unpaired) electrons. The molecule has 0 aromatic heterocycles. The summed E-state index contributed by atoms with van der Waals surface area (Å²) >= 11 is 0. The van der Waals surface area contributed by atoms with E-state index in [4.69, 9.17) is 17.6 Å². The first-order valence-corrected chi connectivity index (χ1v) is 6.43. The number of esters is 1. The molecule has 20 heavy (non-hydrogen) atoms. The molecule has 2 atom stereocenters. The summed E-state index contributed by atoms with van der Waals surface area (Å²) < 4.78 is 11.5. The number of hydrogen-bond acceptors (Lipinski definition) is 6. The molecule has 1 rings (SSSR count). The Morgan fingerprint density at radius 3 is 2.50 bits per heavy atom. The van der Waals surface area contributed by atoms with Gasteiger partial charge >= 0.3 is 11.9 Å². The van der Waals surface area contributed by atoms with Gasteiger partial charge in [0.05, 0.1) is 0 Å². The van der Waals surface area contributed by atoms with Gasteiger partial charge in [0.15, 0.2) is 0 Å². The van der Waals surface area contributed by atoms with Gasteiger partial charge in [0.25, 0.3) is 1.43 Å². The van der Waals surface area contributed by atoms with Crippen molar-refractivity contribution in [2.75, 3.05) is 0 Å². The highest BCUT2D eigenvalue weighted by molar-refractivity contribution is 5.75. The lowest BCUT2D eigenvalue weighted by Crippen LogP contribution is -2.34. The Bertz CT molecular complexity index is 456. The van der Waals surface area contributed by atoms with Crippen LogP contribution in [-0.4, -0.2) is 29.1 Å². The average Bonchev–Trinajstić information content (AvgIpc) is 2.52. The number of aliphatic carboxylic acids is 1. The highest BCUT2D eigenvalue weighted by Gasteiger charge is 2.17. The van der Waals surface area contributed by atoms with E-state index in [-0.39, 0.29) is 6.61 Å². The van der Waals surface area contributed by atoms with Crippen LogP contribution in [0.25, 0.3) is 1.43 Å². The Labute approximate surface area is 119 Å². The monoisotopic (exact) mass is 281 g/mol. The maximum atomic E-state index is 11.7. The smallest absolute Gasteiger partial charge is 0.323 e. The lowest BCUT2D eigenvalue weighted by atomic mass is 10.1. The summed E-state index contributed by atoms with van der Waals surface area (Å²) in [5.74, 6) is -1.29. The van der Waals surface area contributed by atoms with E-state index in [0.29, 0.717) is 19.3 Å². The SMILES string of the molecule is [2H]OC(=O)[C@@H](N)CCCC(N)C(=O)OCc1ccccc1. The molecule has 1 aromatic rings. The van der Waals surface area contributed by atoms with E-state index in [0.717, 1.165) is 5.56 Å². The van der Waals surface area contributed by atoms with Gasteiger partial charge in [-0.1, -0.05) is 30.3 Å². The number of nitrogens with two attached hydrogens (primary N) is 2. The first kappa shape index (κ1) is 14.5. The van der Waals surface area contributed by atoms with Crippen LogP contribution in [0.15, 0.2) is 30.3 Å². The number of carbonyl (C=O) groups excluding carboxylic acids is 1. The zero-order chi connectivity index (χ0) is 15.7. The lowest BCUT2D eigenvalue weighted by molar-refractivity contribution is -0.146. The molecule has 6 heteroatoms. The summed E-state index contributed by atoms with van der Waals surface area (Å²) in [6.45, 7) is 0.179. The summed E-state index contributed by atoms with van der Waals surface area (Å²) in [7, 11) is 0. The summed E-state index contributed by atoms with van der Waals surface area (Å²) in [6, 6.07) is 7.67. The number of carboxylic acids is 1. The third kappa shape index (κ3) is 5.81. The molecular weight excluding hydrogens is 260 g/mol. The van der Waals surface area contributed by atoms with Crippen molar-refractivity contribution < 1.29 is 19.4 Å². The van der Waals surface area contributed by atoms with Crippen molar-refractivity contribution in [1.82, 2.24) is 0 Å². The van der Waals surface area contributed by atoms with E-state index < -0.39 is 24.0 Å². The molecule has 0 amide bonds. The fourth-order valence-corrected chi connectivity index (χ4v) is 1.63. The van der Waals surface area contributed by atoms with Gasteiger partial charge in [0.1, 0.15) is 18.7 Å². The van der Waals surface area contributed by atoms with E-state index >= 15 is 0 Å². The minimum atomic E-state index is -0.866. The lowest BCUT2D eigenvalue weighted by Gasteiger charge is -2.12. The van der Waals surface area contributed by atoms with E-state index in [1.54, 1.807) is 0 Å². The van der Waals surface area contributed by atoms with Crippen LogP contribution < -0.4 is 11.5 Å². The quantitative estimate of drug-likeness (QED) is 0.602. The van der Waals surface area contributed by atoms with Crippen molar-refractivity contribution in [2.45, 2.75) is 38.0 Å². The highest BCUT2D eigenvalue weighted by Crippen LogP contribution is 2.06. The summed E-state index contributed by atoms with van der Waals surface area (Å²) in [5, 5.41) is 3.77. The normalized spacial score (nSPS) is 14.0. The number of carbonyl (C=O) groups is 2. The molecule has 0 bridgehead atoms. The molecule has 0 fully saturated rings. The van der Waals surface area contributed by atoms with Crippen molar-refractivity contribution in [3.8, 4) is 0 Å². The maximum Gasteiger partial charge on any atom is 0.323 e. The molecular formula is C14H20N2O4. The van der Waals surface area contributed by atoms with E-state index in [9.17, 15) is 9.59 Å². The Balaban J connectivity index is 2.24. The summed E-state index contributed by atoms with van der Waals surface area (Å²) in [6.07, 6.45) is 1.13. The van der Waals surface area contributed by atoms with Crippen LogP contribution in [0.1, 0.15) is 24.8 Å². The van der Waals surface area contributed by atoms with Crippen molar-refractivity contribution in [1.29, 1.82) is 1.43 Å². The molecule has 110 valence electrons. The third-order valence-corrected chi connectivity index (χ3v) is 2.86. The molecule has 1 aromatic carbocycles. The molecule has 0 saturated carbocycles. The van der Waals surface area contributed by atoms with Gasteiger partial charge < -0.3 is 21.3 Å². The number of carboxylic acid groups (broad SMARTS) is 1. The van der Waals surface area contributed by atoms with Gasteiger partial charge in [-0.05, 0) is 24.8 Å². The number of benzene rings is 1. The van der Waals surface area contributed by atoms with Gasteiger partial charge in [-0.25, -0.2) is 0 Å². The second kappa shape index (κ2) is 8.29. The number of rotatable bonds is 8. The Morgan fingerprint density at radius 2 is 1.85 bits per heavy atom. The zero-order valence-corrected chi connectivity index (χ0v) is 11.2. The predicted octanol–water partition coefficient (Wildman–Crippen LogP) is 0.639. The van der Waals surface area contributed by atoms with E-state index in [1.165, 1.54) is 0 Å². The van der Waals surface area contributed by atoms with Crippen LogP contribution in [0.5, 0.6) is 0 Å². The molecule has 0 aliphatic carbocycles. The van der Waals surface area contributed by atoms with Crippen LogP contribution in [-0.2, 0) is 20.9 Å². The Morgan fingerprint density at radius 1 is 1.20 bits per heavy atom. The average molecular weight is 281 g/mol. The molecule has 0 aliphatic rings. The van der Waals surface area contributed by atoms with Gasteiger partial charge in [-0.3, -0.25) is 9.59 Å². The van der Waals surface area contributed by atoms with Crippen molar-refractivity contribution in [3.05, 3.63) is 35.9 Å². The Hall–Kier alpha value is -1.92. The van der Waals surface area contributed by atoms with Crippen LogP contribution in [0.4, 0.5) is 0 Å². The van der Waals surface area contributed by atoms with Crippen LogP contribution in [0.3, 0.4) is 0 Å². The molecule has 0 saturated heterocycles. The fraction of sp³-hybridized carbons (Fsp3) is 0.429. The van der Waals surface area contributed by atoms with Crippen molar-refractivity contribution in [3.63, 3.8) is 0 Å². The standard InChI is InChI=1S/C14H20N2O4/c15-11(13(17)18)7-4-8-12(16)14(19)20-9-10-5-2-1-3-6-10/h1-3,5-6,11-12H,4,7-9,15-16H2,(H,17,18)/t11-,12?/m0/s1/i/hD. The minimum absolute atomic E-state index is 0.179. The van der Waals surface area contributed by atoms with E-state index in [2.05, 4.69) is 5.11 Å². The minimum Gasteiger partial charge on any atom is -0.480 e. The largest absolute Gasteiger partial charge is 0.480 e. The highest BCUT2D eigenvalue weighted by atomic mass is 16.5. The molecule has 5 N–H and O–H groups in total. The van der Waals surface area contributed by atoms with Gasteiger partial charge in [0.2, 0.25) is 0 Å². The van der Waals surface area contributed by atoms with Crippen LogP contribution in [0, 0.1) is 0 Å². The first-order chi connectivity index (χ1) is 10.0. The molecule has 1 unspecified atom stereocenters. The first-order valence-electron chi connectivity index (χ1n) is 6.84. The molecule has 0 heterocycles. The van der Waals surface area contributed by atoms with Gasteiger partial charge in [-0.2, -0.15) is 0 Å². The second-order valence-electron chi connectivity index (χ2n) is 4.56.